The summed E-state index contributed by atoms with van der Waals surface area (Å²) in [6.45, 7) is 0. The van der Waals surface area contributed by atoms with Gasteiger partial charge in [0.1, 0.15) is 11.5 Å². The van der Waals surface area contributed by atoms with Crippen molar-refractivity contribution < 1.29 is 23.4 Å². The van der Waals surface area contributed by atoms with Crippen LogP contribution in [0.3, 0.4) is 0 Å². The minimum atomic E-state index is -4.55. The van der Waals surface area contributed by atoms with Crippen molar-refractivity contribution in [1.29, 1.82) is 0 Å². The number of aromatic nitrogens is 2. The molecule has 0 fully saturated rings. The number of H-pyrrole nitrogens is 1. The highest BCUT2D eigenvalue weighted by Crippen LogP contribution is 2.34. The first kappa shape index (κ1) is 19.4. The summed E-state index contributed by atoms with van der Waals surface area (Å²) in [4.78, 5) is 14.8. The number of aromatic hydroxyl groups is 2. The van der Waals surface area contributed by atoms with Gasteiger partial charge in [-0.1, -0.05) is 42.5 Å². The molecule has 0 saturated heterocycles. The SMILES string of the molecule is O=c1[nH]c2cc(C(F)(F)F)ccc2n1-c1cc(C=Cc2ccccc2)c(O)cc1O. The third kappa shape index (κ3) is 3.55. The molecule has 0 saturated carbocycles. The maximum Gasteiger partial charge on any atom is 0.416 e. The minimum Gasteiger partial charge on any atom is -0.507 e. The lowest BCUT2D eigenvalue weighted by molar-refractivity contribution is -0.137. The summed E-state index contributed by atoms with van der Waals surface area (Å²) < 4.78 is 39.9. The summed E-state index contributed by atoms with van der Waals surface area (Å²) >= 11 is 0. The van der Waals surface area contributed by atoms with E-state index in [1.165, 1.54) is 6.07 Å². The van der Waals surface area contributed by atoms with Gasteiger partial charge in [-0.15, -0.1) is 0 Å². The Morgan fingerprint density at radius 3 is 2.33 bits per heavy atom. The van der Waals surface area contributed by atoms with Crippen LogP contribution in [0.1, 0.15) is 16.7 Å². The van der Waals surface area contributed by atoms with Gasteiger partial charge in [0, 0.05) is 11.6 Å². The Hall–Kier alpha value is -3.94. The number of alkyl halides is 3. The third-order valence-electron chi connectivity index (χ3n) is 4.63. The van der Waals surface area contributed by atoms with Crippen LogP contribution in [-0.2, 0) is 6.18 Å². The van der Waals surface area contributed by atoms with E-state index in [1.807, 2.05) is 30.3 Å². The van der Waals surface area contributed by atoms with Crippen LogP contribution in [-0.4, -0.2) is 19.8 Å². The summed E-state index contributed by atoms with van der Waals surface area (Å²) in [5.74, 6) is -0.608. The number of rotatable bonds is 3. The molecular weight excluding hydrogens is 397 g/mol. The van der Waals surface area contributed by atoms with Gasteiger partial charge in [0.25, 0.3) is 0 Å². The van der Waals surface area contributed by atoms with Crippen molar-refractivity contribution in [3.63, 3.8) is 0 Å². The predicted octanol–water partition coefficient (Wildman–Crippen LogP) is 4.92. The molecule has 0 bridgehead atoms. The smallest absolute Gasteiger partial charge is 0.416 e. The largest absolute Gasteiger partial charge is 0.507 e. The molecule has 0 spiro atoms. The van der Waals surface area contributed by atoms with Gasteiger partial charge in [0.2, 0.25) is 0 Å². The zero-order chi connectivity index (χ0) is 21.5. The van der Waals surface area contributed by atoms with Gasteiger partial charge in [-0.3, -0.25) is 4.57 Å². The molecule has 0 amide bonds. The van der Waals surface area contributed by atoms with E-state index in [4.69, 9.17) is 0 Å². The number of fused-ring (bicyclic) bond motifs is 1. The maximum atomic E-state index is 13.0. The molecule has 30 heavy (non-hydrogen) atoms. The standard InChI is InChI=1S/C22H15F3N2O3/c23-22(24,25)15-8-9-17-16(11-15)26-21(30)27(17)18-10-14(19(28)12-20(18)29)7-6-13-4-2-1-3-5-13/h1-12,28-29H,(H,26,30). The second kappa shape index (κ2) is 7.14. The van der Waals surface area contributed by atoms with Crippen LogP contribution >= 0.6 is 0 Å². The Bertz CT molecular complexity index is 1320. The average Bonchev–Trinajstić information content (AvgIpc) is 3.02. The first-order valence-corrected chi connectivity index (χ1v) is 8.85. The lowest BCUT2D eigenvalue weighted by Crippen LogP contribution is -2.14. The normalized spacial score (nSPS) is 12.1. The first-order valence-electron chi connectivity index (χ1n) is 8.85. The summed E-state index contributed by atoms with van der Waals surface area (Å²) in [5, 5.41) is 20.5. The van der Waals surface area contributed by atoms with E-state index in [0.717, 1.165) is 34.4 Å². The quantitative estimate of drug-likeness (QED) is 0.418. The number of benzene rings is 3. The number of aromatic amines is 1. The highest BCUT2D eigenvalue weighted by Gasteiger charge is 2.31. The average molecular weight is 412 g/mol. The number of phenolic OH excluding ortho intramolecular Hbond substituents is 2. The minimum absolute atomic E-state index is 0.0244. The fourth-order valence-corrected chi connectivity index (χ4v) is 3.17. The van der Waals surface area contributed by atoms with Crippen molar-refractivity contribution in [2.75, 3.05) is 0 Å². The number of nitrogens with one attached hydrogen (secondary N) is 1. The zero-order valence-electron chi connectivity index (χ0n) is 15.3. The Morgan fingerprint density at radius 2 is 1.63 bits per heavy atom. The van der Waals surface area contributed by atoms with Crippen LogP contribution in [0.5, 0.6) is 11.5 Å². The Kier molecular flexibility index (Phi) is 4.62. The van der Waals surface area contributed by atoms with Gasteiger partial charge in [-0.2, -0.15) is 13.2 Å². The monoisotopic (exact) mass is 412 g/mol. The number of halogens is 3. The molecular formula is C22H15F3N2O3. The van der Waals surface area contributed by atoms with Gasteiger partial charge in [-0.05, 0) is 29.8 Å². The summed E-state index contributed by atoms with van der Waals surface area (Å²) in [5.41, 5.74) is -0.268. The molecule has 3 N–H and O–H groups in total. The summed E-state index contributed by atoms with van der Waals surface area (Å²) in [6.07, 6.45) is -1.21. The van der Waals surface area contributed by atoms with E-state index in [0.29, 0.717) is 5.56 Å². The molecule has 152 valence electrons. The van der Waals surface area contributed by atoms with E-state index in [1.54, 1.807) is 12.2 Å². The molecule has 1 aromatic heterocycles. The van der Waals surface area contributed by atoms with Crippen molar-refractivity contribution in [3.05, 3.63) is 87.8 Å². The van der Waals surface area contributed by atoms with E-state index in [-0.39, 0.29) is 22.5 Å². The lowest BCUT2D eigenvalue weighted by Gasteiger charge is -2.10. The summed E-state index contributed by atoms with van der Waals surface area (Å²) in [7, 11) is 0. The van der Waals surface area contributed by atoms with Crippen molar-refractivity contribution in [1.82, 2.24) is 9.55 Å². The van der Waals surface area contributed by atoms with Gasteiger partial charge in [0.05, 0.1) is 22.3 Å². The molecule has 0 aliphatic heterocycles. The molecule has 0 radical (unpaired) electrons. The highest BCUT2D eigenvalue weighted by molar-refractivity contribution is 5.80. The van der Waals surface area contributed by atoms with Crippen molar-refractivity contribution >= 4 is 23.2 Å². The van der Waals surface area contributed by atoms with Crippen molar-refractivity contribution in [2.24, 2.45) is 0 Å². The number of hydrogen-bond acceptors (Lipinski definition) is 3. The van der Waals surface area contributed by atoms with Crippen LogP contribution in [0.2, 0.25) is 0 Å². The third-order valence-corrected chi connectivity index (χ3v) is 4.63. The van der Waals surface area contributed by atoms with Crippen LogP contribution in [0.25, 0.3) is 28.9 Å². The molecule has 3 aromatic carbocycles. The van der Waals surface area contributed by atoms with Crippen LogP contribution in [0.15, 0.2) is 65.5 Å². The predicted molar refractivity (Wildman–Crippen MR) is 108 cm³/mol. The van der Waals surface area contributed by atoms with E-state index in [2.05, 4.69) is 4.98 Å². The molecule has 8 heteroatoms. The summed E-state index contributed by atoms with van der Waals surface area (Å²) in [6, 6.07) is 14.6. The van der Waals surface area contributed by atoms with E-state index >= 15 is 0 Å². The zero-order valence-corrected chi connectivity index (χ0v) is 15.3. The van der Waals surface area contributed by atoms with Gasteiger partial charge >= 0.3 is 11.9 Å². The van der Waals surface area contributed by atoms with Crippen molar-refractivity contribution in [3.8, 4) is 17.2 Å². The Balaban J connectivity index is 1.84. The number of phenols is 2. The molecule has 1 heterocycles. The topological polar surface area (TPSA) is 78.2 Å². The van der Waals surface area contributed by atoms with Gasteiger partial charge < -0.3 is 15.2 Å². The highest BCUT2D eigenvalue weighted by atomic mass is 19.4. The van der Waals surface area contributed by atoms with Crippen molar-refractivity contribution in [2.45, 2.75) is 6.18 Å². The molecule has 0 unspecified atom stereocenters. The fourth-order valence-electron chi connectivity index (χ4n) is 3.17. The molecule has 4 aromatic rings. The van der Waals surface area contributed by atoms with Gasteiger partial charge in [0.15, 0.2) is 0 Å². The number of hydrogen-bond donors (Lipinski definition) is 3. The van der Waals surface area contributed by atoms with Crippen LogP contribution < -0.4 is 5.69 Å². The Labute approximate surface area is 168 Å². The molecule has 4 rings (SSSR count). The molecule has 0 aliphatic carbocycles. The second-order valence-electron chi connectivity index (χ2n) is 6.64. The van der Waals surface area contributed by atoms with Crippen LogP contribution in [0.4, 0.5) is 13.2 Å². The second-order valence-corrected chi connectivity index (χ2v) is 6.64. The Morgan fingerprint density at radius 1 is 0.900 bits per heavy atom. The molecule has 5 nitrogen and oxygen atoms in total. The van der Waals surface area contributed by atoms with E-state index < -0.39 is 23.2 Å². The number of imidazole rings is 1. The first-order chi connectivity index (χ1) is 14.2. The number of nitrogens with zero attached hydrogens (tertiary/aromatic N) is 1. The maximum absolute atomic E-state index is 13.0. The molecule has 0 atom stereocenters. The molecule has 0 aliphatic rings. The van der Waals surface area contributed by atoms with E-state index in [9.17, 15) is 28.2 Å². The lowest BCUT2D eigenvalue weighted by atomic mass is 10.1. The van der Waals surface area contributed by atoms with Crippen LogP contribution in [0, 0.1) is 0 Å². The fraction of sp³-hybridized carbons (Fsp3) is 0.0455. The van der Waals surface area contributed by atoms with Gasteiger partial charge in [-0.25, -0.2) is 4.79 Å².